The van der Waals surface area contributed by atoms with Crippen molar-refractivity contribution in [3.63, 3.8) is 0 Å². The molecule has 0 aliphatic rings. The second kappa shape index (κ2) is 5.83. The van der Waals surface area contributed by atoms with E-state index in [1.165, 1.54) is 18.2 Å². The number of nitrogen functional groups attached to an aromatic ring is 1. The Morgan fingerprint density at radius 3 is 2.29 bits per heavy atom. The molecule has 21 heavy (non-hydrogen) atoms. The zero-order valence-corrected chi connectivity index (χ0v) is 10.9. The first kappa shape index (κ1) is 14.8. The van der Waals surface area contributed by atoms with E-state index in [0.29, 0.717) is 11.1 Å². The summed E-state index contributed by atoms with van der Waals surface area (Å²) in [7, 11) is 0. The molecule has 0 heterocycles. The third-order valence-corrected chi connectivity index (χ3v) is 2.89. The standard InChI is InChI=1S/C16H12F3NO/c17-16(18,19)13-8-6-11(14(20)10-13)7-9-15(21)12-4-2-1-3-5-12/h1-10H,20H2/b9-7+. The Hall–Kier alpha value is -2.56. The van der Waals surface area contributed by atoms with Gasteiger partial charge >= 0.3 is 6.18 Å². The third kappa shape index (κ3) is 3.72. The van der Waals surface area contributed by atoms with Gasteiger partial charge in [0.1, 0.15) is 0 Å². The van der Waals surface area contributed by atoms with E-state index in [9.17, 15) is 18.0 Å². The molecule has 0 aliphatic heterocycles. The van der Waals surface area contributed by atoms with Crippen molar-refractivity contribution in [3.05, 3.63) is 71.3 Å². The average molecular weight is 291 g/mol. The molecule has 0 amide bonds. The van der Waals surface area contributed by atoms with Crippen LogP contribution in [0, 0.1) is 0 Å². The maximum absolute atomic E-state index is 12.5. The van der Waals surface area contributed by atoms with E-state index in [2.05, 4.69) is 0 Å². The number of alkyl halides is 3. The number of anilines is 1. The molecule has 0 unspecified atom stereocenters. The number of hydrogen-bond donors (Lipinski definition) is 1. The molecule has 0 bridgehead atoms. The largest absolute Gasteiger partial charge is 0.416 e. The summed E-state index contributed by atoms with van der Waals surface area (Å²) in [6.45, 7) is 0. The Morgan fingerprint density at radius 2 is 1.71 bits per heavy atom. The number of allylic oxidation sites excluding steroid dienone is 1. The molecule has 0 aromatic heterocycles. The summed E-state index contributed by atoms with van der Waals surface area (Å²) >= 11 is 0. The number of carbonyl (C=O) groups excluding carboxylic acids is 1. The predicted molar refractivity (Wildman–Crippen MR) is 75.7 cm³/mol. The lowest BCUT2D eigenvalue weighted by molar-refractivity contribution is -0.137. The molecule has 2 N–H and O–H groups in total. The molecule has 2 aromatic carbocycles. The fraction of sp³-hybridized carbons (Fsp3) is 0.0625. The van der Waals surface area contributed by atoms with Gasteiger partial charge in [-0.2, -0.15) is 13.2 Å². The van der Waals surface area contributed by atoms with Crippen LogP contribution in [0.5, 0.6) is 0 Å². The van der Waals surface area contributed by atoms with Gasteiger partial charge in [0.2, 0.25) is 0 Å². The van der Waals surface area contributed by atoms with Crippen molar-refractivity contribution in [3.8, 4) is 0 Å². The highest BCUT2D eigenvalue weighted by Gasteiger charge is 2.30. The molecular formula is C16H12F3NO. The lowest BCUT2D eigenvalue weighted by atomic mass is 10.1. The van der Waals surface area contributed by atoms with Crippen LogP contribution in [-0.4, -0.2) is 5.78 Å². The van der Waals surface area contributed by atoms with Crippen molar-refractivity contribution in [1.82, 2.24) is 0 Å². The Bertz CT molecular complexity index is 676. The topological polar surface area (TPSA) is 43.1 Å². The van der Waals surface area contributed by atoms with Gasteiger partial charge < -0.3 is 5.73 Å². The molecule has 0 spiro atoms. The summed E-state index contributed by atoms with van der Waals surface area (Å²) in [5.74, 6) is -0.241. The molecule has 0 radical (unpaired) electrons. The van der Waals surface area contributed by atoms with Crippen LogP contribution in [0.25, 0.3) is 6.08 Å². The Labute approximate surface area is 119 Å². The van der Waals surface area contributed by atoms with E-state index in [0.717, 1.165) is 12.1 Å². The minimum absolute atomic E-state index is 0.0260. The molecule has 0 aliphatic carbocycles. The van der Waals surface area contributed by atoms with Crippen LogP contribution in [-0.2, 0) is 6.18 Å². The maximum atomic E-state index is 12.5. The third-order valence-electron chi connectivity index (χ3n) is 2.89. The van der Waals surface area contributed by atoms with Crippen molar-refractivity contribution in [2.24, 2.45) is 0 Å². The predicted octanol–water partition coefficient (Wildman–Crippen LogP) is 4.18. The van der Waals surface area contributed by atoms with E-state index in [1.807, 2.05) is 0 Å². The number of benzene rings is 2. The zero-order chi connectivity index (χ0) is 15.5. The first-order chi connectivity index (χ1) is 9.88. The Kier molecular flexibility index (Phi) is 4.12. The van der Waals surface area contributed by atoms with E-state index >= 15 is 0 Å². The smallest absolute Gasteiger partial charge is 0.398 e. The van der Waals surface area contributed by atoms with Gasteiger partial charge in [-0.05, 0) is 29.8 Å². The molecule has 0 fully saturated rings. The number of halogens is 3. The molecule has 108 valence electrons. The molecular weight excluding hydrogens is 279 g/mol. The molecule has 5 heteroatoms. The summed E-state index contributed by atoms with van der Waals surface area (Å²) in [4.78, 5) is 11.8. The van der Waals surface area contributed by atoms with E-state index < -0.39 is 11.7 Å². The van der Waals surface area contributed by atoms with E-state index in [-0.39, 0.29) is 11.5 Å². The number of hydrogen-bond acceptors (Lipinski definition) is 2. The fourth-order valence-electron chi connectivity index (χ4n) is 1.77. The van der Waals surface area contributed by atoms with Crippen LogP contribution < -0.4 is 5.73 Å². The molecule has 0 saturated carbocycles. The van der Waals surface area contributed by atoms with Gasteiger partial charge in [0.05, 0.1) is 5.56 Å². The van der Waals surface area contributed by atoms with Gasteiger partial charge in [-0.15, -0.1) is 0 Å². The normalized spacial score (nSPS) is 11.8. The highest BCUT2D eigenvalue weighted by Crippen LogP contribution is 2.31. The molecule has 0 atom stereocenters. The molecule has 2 rings (SSSR count). The second-order valence-electron chi connectivity index (χ2n) is 4.41. The minimum atomic E-state index is -4.43. The van der Waals surface area contributed by atoms with Gasteiger partial charge in [-0.3, -0.25) is 4.79 Å². The van der Waals surface area contributed by atoms with Crippen molar-refractivity contribution in [2.45, 2.75) is 6.18 Å². The van der Waals surface area contributed by atoms with Crippen LogP contribution in [0.15, 0.2) is 54.6 Å². The summed E-state index contributed by atoms with van der Waals surface area (Å²) in [6, 6.07) is 11.6. The monoisotopic (exact) mass is 291 g/mol. The fourth-order valence-corrected chi connectivity index (χ4v) is 1.77. The summed E-state index contributed by atoms with van der Waals surface area (Å²) in [5, 5.41) is 0. The zero-order valence-electron chi connectivity index (χ0n) is 10.9. The molecule has 0 saturated heterocycles. The van der Waals surface area contributed by atoms with Crippen LogP contribution in [0.3, 0.4) is 0 Å². The lowest BCUT2D eigenvalue weighted by Crippen LogP contribution is -2.06. The first-order valence-corrected chi connectivity index (χ1v) is 6.12. The summed E-state index contributed by atoms with van der Waals surface area (Å²) in [5.41, 5.74) is 5.61. The van der Waals surface area contributed by atoms with Gasteiger partial charge in [-0.25, -0.2) is 0 Å². The van der Waals surface area contributed by atoms with Crippen LogP contribution in [0.1, 0.15) is 21.5 Å². The minimum Gasteiger partial charge on any atom is -0.398 e. The van der Waals surface area contributed by atoms with Gasteiger partial charge in [0.25, 0.3) is 0 Å². The van der Waals surface area contributed by atoms with Gasteiger partial charge in [0, 0.05) is 11.3 Å². The highest BCUT2D eigenvalue weighted by atomic mass is 19.4. The van der Waals surface area contributed by atoms with Crippen molar-refractivity contribution >= 4 is 17.5 Å². The van der Waals surface area contributed by atoms with Crippen LogP contribution in [0.4, 0.5) is 18.9 Å². The number of ketones is 1. The van der Waals surface area contributed by atoms with Gasteiger partial charge in [-0.1, -0.05) is 36.4 Å². The lowest BCUT2D eigenvalue weighted by Gasteiger charge is -2.08. The van der Waals surface area contributed by atoms with Crippen LogP contribution in [0.2, 0.25) is 0 Å². The van der Waals surface area contributed by atoms with Gasteiger partial charge in [0.15, 0.2) is 5.78 Å². The summed E-state index contributed by atoms with van der Waals surface area (Å²) < 4.78 is 37.5. The van der Waals surface area contributed by atoms with Crippen molar-refractivity contribution in [2.75, 3.05) is 5.73 Å². The molecule has 2 nitrogen and oxygen atoms in total. The maximum Gasteiger partial charge on any atom is 0.416 e. The summed E-state index contributed by atoms with van der Waals surface area (Å²) in [6.07, 6.45) is -1.74. The second-order valence-corrected chi connectivity index (χ2v) is 4.41. The number of carbonyl (C=O) groups is 1. The van der Waals surface area contributed by atoms with Crippen molar-refractivity contribution < 1.29 is 18.0 Å². The Balaban J connectivity index is 2.20. The first-order valence-electron chi connectivity index (χ1n) is 6.12. The van der Waals surface area contributed by atoms with Crippen LogP contribution >= 0.6 is 0 Å². The van der Waals surface area contributed by atoms with Crippen molar-refractivity contribution in [1.29, 1.82) is 0 Å². The average Bonchev–Trinajstić information content (AvgIpc) is 2.45. The number of rotatable bonds is 3. The van der Waals surface area contributed by atoms with E-state index in [4.69, 9.17) is 5.73 Å². The number of nitrogens with two attached hydrogens (primary N) is 1. The highest BCUT2D eigenvalue weighted by molar-refractivity contribution is 6.07. The SMILES string of the molecule is Nc1cc(C(F)(F)F)ccc1/C=C/C(=O)c1ccccc1. The van der Waals surface area contributed by atoms with E-state index in [1.54, 1.807) is 30.3 Å². The Morgan fingerprint density at radius 1 is 1.05 bits per heavy atom. The quantitative estimate of drug-likeness (QED) is 0.523. The molecule has 2 aromatic rings.